The first-order valence-corrected chi connectivity index (χ1v) is 8.85. The number of amides is 2. The van der Waals surface area contributed by atoms with Crippen LogP contribution in [0.5, 0.6) is 0 Å². The van der Waals surface area contributed by atoms with Gasteiger partial charge in [0.15, 0.2) is 0 Å². The third-order valence-corrected chi connectivity index (χ3v) is 5.29. The average molecular weight is 310 g/mol. The van der Waals surface area contributed by atoms with Crippen molar-refractivity contribution in [1.29, 1.82) is 0 Å². The fourth-order valence-corrected chi connectivity index (χ4v) is 3.11. The van der Waals surface area contributed by atoms with Crippen LogP contribution in [0.15, 0.2) is 0 Å². The van der Waals surface area contributed by atoms with Gasteiger partial charge in [-0.3, -0.25) is 9.59 Å². The van der Waals surface area contributed by atoms with E-state index in [1.54, 1.807) is 0 Å². The number of nitrogens with one attached hydrogen (secondary N) is 2. The summed E-state index contributed by atoms with van der Waals surface area (Å²) in [7, 11) is 0. The maximum Gasteiger partial charge on any atom is 0.309 e. The van der Waals surface area contributed by atoms with Crippen molar-refractivity contribution in [2.45, 2.75) is 79.2 Å². The molecular formula is C18H34N2O2. The highest BCUT2D eigenvalue weighted by molar-refractivity contribution is 6.35. The van der Waals surface area contributed by atoms with E-state index in [1.807, 2.05) is 0 Å². The van der Waals surface area contributed by atoms with Crippen LogP contribution < -0.4 is 10.6 Å². The highest BCUT2D eigenvalue weighted by Gasteiger charge is 2.32. The Morgan fingerprint density at radius 2 is 1.68 bits per heavy atom. The van der Waals surface area contributed by atoms with Crippen LogP contribution in [0.1, 0.15) is 73.1 Å². The van der Waals surface area contributed by atoms with Crippen LogP contribution in [0.2, 0.25) is 0 Å². The summed E-state index contributed by atoms with van der Waals surface area (Å²) in [5, 5.41) is 5.59. The van der Waals surface area contributed by atoms with E-state index in [4.69, 9.17) is 0 Å². The molecule has 4 nitrogen and oxygen atoms in total. The van der Waals surface area contributed by atoms with Crippen molar-refractivity contribution in [2.24, 2.45) is 17.3 Å². The number of hydrogen-bond donors (Lipinski definition) is 2. The van der Waals surface area contributed by atoms with Crippen LogP contribution in [-0.2, 0) is 9.59 Å². The molecule has 128 valence electrons. The molecule has 22 heavy (non-hydrogen) atoms. The first-order valence-electron chi connectivity index (χ1n) is 8.85. The second-order valence-electron chi connectivity index (χ2n) is 7.80. The Kier molecular flexibility index (Phi) is 7.37. The first-order chi connectivity index (χ1) is 10.3. The van der Waals surface area contributed by atoms with Gasteiger partial charge in [-0.05, 0) is 49.4 Å². The van der Waals surface area contributed by atoms with Gasteiger partial charge in [-0.25, -0.2) is 0 Å². The smallest absolute Gasteiger partial charge is 0.309 e. The summed E-state index contributed by atoms with van der Waals surface area (Å²) < 4.78 is 0. The largest absolute Gasteiger partial charge is 0.348 e. The summed E-state index contributed by atoms with van der Waals surface area (Å²) in [5.41, 5.74) is 0.378. The molecule has 2 amide bonds. The van der Waals surface area contributed by atoms with Crippen LogP contribution in [-0.4, -0.2) is 24.4 Å². The van der Waals surface area contributed by atoms with Crippen LogP contribution in [0.4, 0.5) is 0 Å². The van der Waals surface area contributed by atoms with Crippen LogP contribution in [0.3, 0.4) is 0 Å². The molecule has 0 saturated heterocycles. The second kappa shape index (κ2) is 8.54. The molecule has 0 spiro atoms. The average Bonchev–Trinajstić information content (AvgIpc) is 2.47. The SMILES string of the molecule is CCC(C)(C)C1CCC(NC(=O)C(=O)NCCC(C)C)CC1. The minimum Gasteiger partial charge on any atom is -0.348 e. The number of carbonyl (C=O) groups excluding carboxylic acids is 2. The summed E-state index contributed by atoms with van der Waals surface area (Å²) >= 11 is 0. The molecule has 4 heteroatoms. The topological polar surface area (TPSA) is 58.2 Å². The highest BCUT2D eigenvalue weighted by Crippen LogP contribution is 2.40. The molecule has 0 atom stereocenters. The van der Waals surface area contributed by atoms with Gasteiger partial charge in [-0.1, -0.05) is 41.0 Å². The third kappa shape index (κ3) is 5.98. The van der Waals surface area contributed by atoms with E-state index >= 15 is 0 Å². The Hall–Kier alpha value is -1.06. The minimum atomic E-state index is -0.489. The van der Waals surface area contributed by atoms with Crippen molar-refractivity contribution < 1.29 is 9.59 Å². The zero-order valence-corrected chi connectivity index (χ0v) is 15.0. The highest BCUT2D eigenvalue weighted by atomic mass is 16.2. The van der Waals surface area contributed by atoms with E-state index in [1.165, 1.54) is 6.42 Å². The van der Waals surface area contributed by atoms with Crippen molar-refractivity contribution in [3.8, 4) is 0 Å². The molecule has 0 aromatic carbocycles. The van der Waals surface area contributed by atoms with E-state index in [-0.39, 0.29) is 6.04 Å². The summed E-state index contributed by atoms with van der Waals surface area (Å²) in [6, 6.07) is 0.159. The summed E-state index contributed by atoms with van der Waals surface area (Å²) in [5.74, 6) is 0.296. The predicted molar refractivity (Wildman–Crippen MR) is 90.4 cm³/mol. The monoisotopic (exact) mass is 310 g/mol. The molecule has 0 bridgehead atoms. The second-order valence-corrected chi connectivity index (χ2v) is 7.80. The molecule has 0 radical (unpaired) electrons. The molecule has 1 saturated carbocycles. The Labute approximate surface area is 135 Å². The van der Waals surface area contributed by atoms with E-state index in [0.29, 0.717) is 17.9 Å². The fourth-order valence-electron chi connectivity index (χ4n) is 3.11. The van der Waals surface area contributed by atoms with Gasteiger partial charge < -0.3 is 10.6 Å². The Morgan fingerprint density at radius 1 is 1.09 bits per heavy atom. The minimum absolute atomic E-state index is 0.159. The quantitative estimate of drug-likeness (QED) is 0.740. The standard InChI is InChI=1S/C18H34N2O2/c1-6-18(4,5)14-7-9-15(10-8-14)20-17(22)16(21)19-12-11-13(2)3/h13-15H,6-12H2,1-5H3,(H,19,21)(H,20,22). The molecule has 0 aromatic heterocycles. The summed E-state index contributed by atoms with van der Waals surface area (Å²) in [4.78, 5) is 23.6. The molecule has 1 fully saturated rings. The molecule has 1 rings (SSSR count). The first kappa shape index (κ1) is 19.0. The van der Waals surface area contributed by atoms with E-state index in [9.17, 15) is 9.59 Å². The normalized spacial score (nSPS) is 22.5. The van der Waals surface area contributed by atoms with Gasteiger partial charge in [0.25, 0.3) is 0 Å². The lowest BCUT2D eigenvalue weighted by Crippen LogP contribution is -2.46. The third-order valence-electron chi connectivity index (χ3n) is 5.29. The molecule has 0 heterocycles. The number of hydrogen-bond acceptors (Lipinski definition) is 2. The van der Waals surface area contributed by atoms with Gasteiger partial charge in [-0.15, -0.1) is 0 Å². The van der Waals surface area contributed by atoms with Gasteiger partial charge in [0.1, 0.15) is 0 Å². The Bertz CT molecular complexity index is 369. The molecule has 1 aliphatic rings. The van der Waals surface area contributed by atoms with E-state index in [0.717, 1.165) is 38.0 Å². The zero-order valence-electron chi connectivity index (χ0n) is 15.0. The molecule has 2 N–H and O–H groups in total. The predicted octanol–water partition coefficient (Wildman–Crippen LogP) is 3.26. The number of rotatable bonds is 6. The lowest BCUT2D eigenvalue weighted by Gasteiger charge is -2.39. The Morgan fingerprint density at radius 3 is 2.18 bits per heavy atom. The molecular weight excluding hydrogens is 276 g/mol. The van der Waals surface area contributed by atoms with Crippen LogP contribution in [0.25, 0.3) is 0 Å². The van der Waals surface area contributed by atoms with E-state index in [2.05, 4.69) is 45.3 Å². The van der Waals surface area contributed by atoms with Gasteiger partial charge in [0.05, 0.1) is 0 Å². The molecule has 0 aromatic rings. The van der Waals surface area contributed by atoms with Gasteiger partial charge >= 0.3 is 11.8 Å². The lowest BCUT2D eigenvalue weighted by molar-refractivity contribution is -0.139. The van der Waals surface area contributed by atoms with Crippen LogP contribution in [0, 0.1) is 17.3 Å². The Balaban J connectivity index is 2.31. The van der Waals surface area contributed by atoms with Crippen LogP contribution >= 0.6 is 0 Å². The maximum atomic E-state index is 11.9. The van der Waals surface area contributed by atoms with Crippen molar-refractivity contribution >= 4 is 11.8 Å². The summed E-state index contributed by atoms with van der Waals surface area (Å²) in [6.45, 7) is 11.7. The molecule has 0 unspecified atom stereocenters. The van der Waals surface area contributed by atoms with Crippen molar-refractivity contribution in [3.05, 3.63) is 0 Å². The lowest BCUT2D eigenvalue weighted by atomic mass is 9.69. The summed E-state index contributed by atoms with van der Waals surface area (Å²) in [6.07, 6.45) is 6.34. The molecule has 0 aliphatic heterocycles. The zero-order chi connectivity index (χ0) is 16.8. The van der Waals surface area contributed by atoms with Gasteiger partial charge in [0.2, 0.25) is 0 Å². The van der Waals surface area contributed by atoms with Crippen molar-refractivity contribution in [3.63, 3.8) is 0 Å². The van der Waals surface area contributed by atoms with Crippen molar-refractivity contribution in [2.75, 3.05) is 6.54 Å². The fraction of sp³-hybridized carbons (Fsp3) is 0.889. The van der Waals surface area contributed by atoms with Crippen molar-refractivity contribution in [1.82, 2.24) is 10.6 Å². The van der Waals surface area contributed by atoms with E-state index < -0.39 is 11.8 Å². The van der Waals surface area contributed by atoms with Gasteiger partial charge in [0, 0.05) is 12.6 Å². The maximum absolute atomic E-state index is 11.9. The number of carbonyl (C=O) groups is 2. The molecule has 1 aliphatic carbocycles. The van der Waals surface area contributed by atoms with Gasteiger partial charge in [-0.2, -0.15) is 0 Å².